The van der Waals surface area contributed by atoms with Crippen LogP contribution in [0.25, 0.3) is 0 Å². The van der Waals surface area contributed by atoms with Gasteiger partial charge < -0.3 is 15.6 Å². The number of urea groups is 1. The van der Waals surface area contributed by atoms with Crippen LogP contribution in [0.3, 0.4) is 0 Å². The summed E-state index contributed by atoms with van der Waals surface area (Å²) in [4.78, 5) is 23.1. The van der Waals surface area contributed by atoms with E-state index in [2.05, 4.69) is 0 Å². The van der Waals surface area contributed by atoms with Gasteiger partial charge in [0.05, 0.1) is 22.4 Å². The number of aromatic hydroxyl groups is 1. The number of anilines is 2. The topological polar surface area (TPSA) is 119 Å². The Morgan fingerprint density at radius 1 is 1.00 bits per heavy atom. The maximum absolute atomic E-state index is 11.9. The van der Waals surface area contributed by atoms with Crippen molar-refractivity contribution >= 4 is 23.1 Å². The lowest BCUT2D eigenvalue weighted by molar-refractivity contribution is -0.384. The van der Waals surface area contributed by atoms with E-state index in [-0.39, 0.29) is 11.4 Å². The Hall–Kier alpha value is -4.07. The number of nitro benzene ring substituents is 1. The molecule has 27 heavy (non-hydrogen) atoms. The second-order valence-corrected chi connectivity index (χ2v) is 5.51. The predicted molar refractivity (Wildman–Crippen MR) is 99.4 cm³/mol. The summed E-state index contributed by atoms with van der Waals surface area (Å²) in [5.41, 5.74) is 5.54. The van der Waals surface area contributed by atoms with E-state index in [9.17, 15) is 20.0 Å². The minimum absolute atomic E-state index is 0.0322. The number of benzene rings is 3. The number of para-hydroxylation sites is 1. The van der Waals surface area contributed by atoms with Crippen LogP contribution >= 0.6 is 0 Å². The van der Waals surface area contributed by atoms with Gasteiger partial charge in [-0.3, -0.25) is 15.0 Å². The Bertz CT molecular complexity index is 974. The highest BCUT2D eigenvalue weighted by atomic mass is 16.6. The number of ether oxygens (including phenoxy) is 1. The van der Waals surface area contributed by atoms with Crippen LogP contribution in [0.15, 0.2) is 72.8 Å². The second-order valence-electron chi connectivity index (χ2n) is 5.51. The largest absolute Gasteiger partial charge is 0.505 e. The van der Waals surface area contributed by atoms with E-state index < -0.39 is 16.7 Å². The van der Waals surface area contributed by atoms with Crippen LogP contribution in [-0.4, -0.2) is 16.1 Å². The van der Waals surface area contributed by atoms with Crippen molar-refractivity contribution in [2.75, 3.05) is 4.90 Å². The first kappa shape index (κ1) is 17.7. The highest BCUT2D eigenvalue weighted by Gasteiger charge is 2.21. The SMILES string of the molecule is NC(=O)N(c1ccc(Oc2ccccc2)cc1)c1ccc([N+](=O)[O-])cc1O. The Labute approximate surface area is 154 Å². The van der Waals surface area contributed by atoms with Crippen LogP contribution in [0.1, 0.15) is 0 Å². The number of hydrogen-bond donors (Lipinski definition) is 2. The third-order valence-corrected chi connectivity index (χ3v) is 3.70. The number of non-ortho nitro benzene ring substituents is 1. The Morgan fingerprint density at radius 2 is 1.63 bits per heavy atom. The molecule has 0 aromatic heterocycles. The van der Waals surface area contributed by atoms with E-state index in [0.717, 1.165) is 11.0 Å². The normalized spacial score (nSPS) is 10.2. The zero-order valence-electron chi connectivity index (χ0n) is 14.0. The summed E-state index contributed by atoms with van der Waals surface area (Å²) in [7, 11) is 0. The van der Waals surface area contributed by atoms with Gasteiger partial charge in [0.15, 0.2) is 0 Å². The first-order valence-corrected chi connectivity index (χ1v) is 7.85. The van der Waals surface area contributed by atoms with Crippen molar-refractivity contribution in [1.29, 1.82) is 0 Å². The molecule has 0 spiro atoms. The molecule has 8 nitrogen and oxygen atoms in total. The van der Waals surface area contributed by atoms with Gasteiger partial charge in [-0.1, -0.05) is 18.2 Å². The number of nitrogens with two attached hydrogens (primary N) is 1. The van der Waals surface area contributed by atoms with Crippen molar-refractivity contribution in [2.24, 2.45) is 5.73 Å². The number of hydrogen-bond acceptors (Lipinski definition) is 5. The molecule has 3 N–H and O–H groups in total. The Kier molecular flexibility index (Phi) is 4.89. The zero-order chi connectivity index (χ0) is 19.4. The lowest BCUT2D eigenvalue weighted by atomic mass is 10.2. The van der Waals surface area contributed by atoms with Crippen LogP contribution in [0.5, 0.6) is 17.2 Å². The van der Waals surface area contributed by atoms with E-state index in [1.165, 1.54) is 12.1 Å². The molecule has 2 amide bonds. The first-order valence-electron chi connectivity index (χ1n) is 7.85. The van der Waals surface area contributed by atoms with E-state index >= 15 is 0 Å². The fourth-order valence-electron chi connectivity index (χ4n) is 2.49. The molecule has 3 aromatic rings. The molecule has 0 fully saturated rings. The third-order valence-electron chi connectivity index (χ3n) is 3.70. The molecule has 0 saturated heterocycles. The minimum Gasteiger partial charge on any atom is -0.505 e. The lowest BCUT2D eigenvalue weighted by Gasteiger charge is -2.21. The summed E-state index contributed by atoms with van der Waals surface area (Å²) in [5, 5.41) is 20.9. The smallest absolute Gasteiger partial charge is 0.324 e. The summed E-state index contributed by atoms with van der Waals surface area (Å²) in [6.07, 6.45) is 0. The molecular weight excluding hydrogens is 350 g/mol. The van der Waals surface area contributed by atoms with Gasteiger partial charge in [0.25, 0.3) is 5.69 Å². The van der Waals surface area contributed by atoms with Gasteiger partial charge in [-0.15, -0.1) is 0 Å². The van der Waals surface area contributed by atoms with Gasteiger partial charge in [-0.05, 0) is 42.5 Å². The summed E-state index contributed by atoms with van der Waals surface area (Å²) in [6, 6.07) is 18.2. The molecule has 3 rings (SSSR count). The summed E-state index contributed by atoms with van der Waals surface area (Å²) >= 11 is 0. The number of carbonyl (C=O) groups excluding carboxylic acids is 1. The standard InChI is InChI=1S/C19H15N3O5/c20-19(24)21(17-11-8-14(22(25)26)12-18(17)23)13-6-9-16(10-7-13)27-15-4-2-1-3-5-15/h1-12,23H,(H2,20,24). The molecule has 3 aromatic carbocycles. The molecule has 8 heteroatoms. The number of phenolic OH excluding ortho intramolecular Hbond substituents is 1. The van der Waals surface area contributed by atoms with Gasteiger partial charge in [-0.2, -0.15) is 0 Å². The summed E-state index contributed by atoms with van der Waals surface area (Å²) in [5.74, 6) is 0.764. The van der Waals surface area contributed by atoms with Crippen molar-refractivity contribution in [3.8, 4) is 17.2 Å². The maximum Gasteiger partial charge on any atom is 0.324 e. The van der Waals surface area contributed by atoms with E-state index in [4.69, 9.17) is 10.5 Å². The number of phenols is 1. The minimum atomic E-state index is -0.851. The van der Waals surface area contributed by atoms with E-state index in [0.29, 0.717) is 17.2 Å². The molecular formula is C19H15N3O5. The molecule has 0 bridgehead atoms. The monoisotopic (exact) mass is 365 g/mol. The van der Waals surface area contributed by atoms with E-state index in [1.807, 2.05) is 18.2 Å². The molecule has 0 aliphatic carbocycles. The van der Waals surface area contributed by atoms with Crippen LogP contribution in [0.2, 0.25) is 0 Å². The third kappa shape index (κ3) is 3.96. The first-order chi connectivity index (χ1) is 13.0. The average Bonchev–Trinajstić information content (AvgIpc) is 2.65. The average molecular weight is 365 g/mol. The fourth-order valence-corrected chi connectivity index (χ4v) is 2.49. The van der Waals surface area contributed by atoms with Crippen molar-refractivity contribution in [2.45, 2.75) is 0 Å². The molecule has 0 heterocycles. The van der Waals surface area contributed by atoms with Crippen LogP contribution in [0, 0.1) is 10.1 Å². The quantitative estimate of drug-likeness (QED) is 0.516. The van der Waals surface area contributed by atoms with Crippen LogP contribution < -0.4 is 15.4 Å². The number of carbonyl (C=O) groups is 1. The lowest BCUT2D eigenvalue weighted by Crippen LogP contribution is -2.31. The van der Waals surface area contributed by atoms with Crippen molar-refractivity contribution in [1.82, 2.24) is 0 Å². The number of primary amides is 1. The van der Waals surface area contributed by atoms with Crippen LogP contribution in [-0.2, 0) is 0 Å². The molecule has 0 aliphatic rings. The molecule has 0 atom stereocenters. The van der Waals surface area contributed by atoms with Crippen LogP contribution in [0.4, 0.5) is 21.9 Å². The Morgan fingerprint density at radius 3 is 2.19 bits per heavy atom. The molecule has 0 saturated carbocycles. The zero-order valence-corrected chi connectivity index (χ0v) is 14.0. The Balaban J connectivity index is 1.89. The molecule has 0 aliphatic heterocycles. The molecule has 136 valence electrons. The van der Waals surface area contributed by atoms with Crippen molar-refractivity contribution < 1.29 is 19.6 Å². The summed E-state index contributed by atoms with van der Waals surface area (Å²) in [6.45, 7) is 0. The van der Waals surface area contributed by atoms with E-state index in [1.54, 1.807) is 36.4 Å². The molecule has 0 radical (unpaired) electrons. The van der Waals surface area contributed by atoms with Crippen molar-refractivity contribution in [3.05, 3.63) is 82.9 Å². The maximum atomic E-state index is 11.9. The fraction of sp³-hybridized carbons (Fsp3) is 0. The van der Waals surface area contributed by atoms with Crippen molar-refractivity contribution in [3.63, 3.8) is 0 Å². The van der Waals surface area contributed by atoms with Gasteiger partial charge in [-0.25, -0.2) is 4.79 Å². The van der Waals surface area contributed by atoms with Gasteiger partial charge >= 0.3 is 6.03 Å². The summed E-state index contributed by atoms with van der Waals surface area (Å²) < 4.78 is 5.69. The van der Waals surface area contributed by atoms with Gasteiger partial charge in [0, 0.05) is 6.07 Å². The highest BCUT2D eigenvalue weighted by Crippen LogP contribution is 2.36. The predicted octanol–water partition coefficient (Wildman–Crippen LogP) is 4.31. The number of amides is 2. The molecule has 0 unspecified atom stereocenters. The second kappa shape index (κ2) is 7.44. The van der Waals surface area contributed by atoms with Gasteiger partial charge in [0.2, 0.25) is 0 Å². The highest BCUT2D eigenvalue weighted by molar-refractivity contribution is 6.00. The number of nitro groups is 1. The number of nitrogens with zero attached hydrogens (tertiary/aromatic N) is 2. The van der Waals surface area contributed by atoms with Gasteiger partial charge in [0.1, 0.15) is 17.2 Å². The number of rotatable bonds is 5.